The molecule has 2 aliphatic rings. The Morgan fingerprint density at radius 1 is 0.633 bits per heavy atom. The smallest absolute Gasteiger partial charge is 0.329 e. The number of ether oxygens (including phenoxy) is 4. The summed E-state index contributed by atoms with van der Waals surface area (Å²) in [5.41, 5.74) is 0.261. The van der Waals surface area contributed by atoms with Gasteiger partial charge in [0.25, 0.3) is 0 Å². The van der Waals surface area contributed by atoms with Crippen LogP contribution in [0.5, 0.6) is 0 Å². The predicted octanol–water partition coefficient (Wildman–Crippen LogP) is 2.83. The molecule has 0 saturated carbocycles. The fourth-order valence-electron chi connectivity index (χ4n) is 6.74. The molecule has 2 fully saturated rings. The average molecular weight is 717 g/mol. The van der Waals surface area contributed by atoms with E-state index in [1.165, 1.54) is 22.0 Å². The molecule has 13 nitrogen and oxygen atoms in total. The van der Waals surface area contributed by atoms with E-state index in [1.54, 1.807) is 18.2 Å². The van der Waals surface area contributed by atoms with Gasteiger partial charge in [-0.05, 0) is 31.0 Å². The first-order chi connectivity index (χ1) is 23.6. The molecule has 0 aliphatic carbocycles. The van der Waals surface area contributed by atoms with Gasteiger partial charge in [0.1, 0.15) is 48.8 Å². The van der Waals surface area contributed by atoms with E-state index in [-0.39, 0.29) is 26.3 Å². The summed E-state index contributed by atoms with van der Waals surface area (Å²) >= 11 is 6.32. The molecule has 2 aromatic rings. The second kappa shape index (κ2) is 19.8. The molecule has 0 radical (unpaired) electrons. The molecule has 10 atom stereocenters. The Bertz CT molecular complexity index is 1320. The normalized spacial score (nSPS) is 30.7. The Morgan fingerprint density at radius 3 is 1.53 bits per heavy atom. The lowest BCUT2D eigenvalue weighted by Crippen LogP contribution is -2.60. The van der Waals surface area contributed by atoms with Crippen molar-refractivity contribution in [3.8, 4) is 0 Å². The van der Waals surface area contributed by atoms with Gasteiger partial charge in [0.05, 0.1) is 24.1 Å². The van der Waals surface area contributed by atoms with Crippen LogP contribution in [0.15, 0.2) is 23.0 Å². The molecule has 0 amide bonds. The Kier molecular flexibility index (Phi) is 16.3. The summed E-state index contributed by atoms with van der Waals surface area (Å²) in [7, 11) is 0. The maximum absolute atomic E-state index is 14.0. The van der Waals surface area contributed by atoms with Gasteiger partial charge in [-0.15, -0.1) is 0 Å². The summed E-state index contributed by atoms with van der Waals surface area (Å²) in [4.78, 5) is 14.0. The fraction of sp³-hybridized carbons (Fsp3) is 0.800. The monoisotopic (exact) mass is 716 g/mol. The van der Waals surface area contributed by atoms with E-state index in [4.69, 9.17) is 30.5 Å². The van der Waals surface area contributed by atoms with Crippen LogP contribution in [0.1, 0.15) is 90.9 Å². The number of aliphatic hydroxyl groups excluding tert-OH is 6. The van der Waals surface area contributed by atoms with Crippen molar-refractivity contribution in [2.45, 2.75) is 165 Å². The van der Waals surface area contributed by atoms with Crippen molar-refractivity contribution in [2.24, 2.45) is 0 Å². The molecule has 0 spiro atoms. The summed E-state index contributed by atoms with van der Waals surface area (Å²) in [6.45, 7) is 4.45. The first kappa shape index (κ1) is 40.2. The Morgan fingerprint density at radius 2 is 1.06 bits per heavy atom. The predicted molar refractivity (Wildman–Crippen MR) is 183 cm³/mol. The quantitative estimate of drug-likeness (QED) is 0.111. The van der Waals surface area contributed by atoms with Crippen LogP contribution in [-0.2, 0) is 32.0 Å². The highest BCUT2D eigenvalue weighted by Gasteiger charge is 2.46. The molecule has 0 bridgehead atoms. The highest BCUT2D eigenvalue weighted by atomic mass is 35.5. The van der Waals surface area contributed by atoms with E-state index in [9.17, 15) is 35.4 Å². The number of hydrogen-bond acceptors (Lipinski definition) is 11. The number of fused-ring (bicyclic) bond motifs is 1. The van der Waals surface area contributed by atoms with Crippen LogP contribution in [0.25, 0.3) is 11.0 Å². The molecule has 0 unspecified atom stereocenters. The molecule has 49 heavy (non-hydrogen) atoms. The summed E-state index contributed by atoms with van der Waals surface area (Å²) in [6, 6.07) is 4.81. The van der Waals surface area contributed by atoms with Crippen LogP contribution in [0.2, 0.25) is 5.02 Å². The van der Waals surface area contributed by atoms with Crippen molar-refractivity contribution < 1.29 is 49.6 Å². The minimum Gasteiger partial charge on any atom is -0.388 e. The highest BCUT2D eigenvalue weighted by Crippen LogP contribution is 2.28. The van der Waals surface area contributed by atoms with E-state index in [1.807, 2.05) is 0 Å². The first-order valence-corrected chi connectivity index (χ1v) is 18.5. The number of benzene rings is 1. The van der Waals surface area contributed by atoms with E-state index >= 15 is 0 Å². The van der Waals surface area contributed by atoms with E-state index in [2.05, 4.69) is 13.8 Å². The maximum Gasteiger partial charge on any atom is 0.329 e. The largest absolute Gasteiger partial charge is 0.388 e. The van der Waals surface area contributed by atoms with E-state index in [0.717, 1.165) is 64.2 Å². The molecule has 1 aromatic heterocycles. The van der Waals surface area contributed by atoms with Crippen LogP contribution >= 0.6 is 11.6 Å². The lowest BCUT2D eigenvalue weighted by molar-refractivity contribution is -0.292. The van der Waals surface area contributed by atoms with E-state index < -0.39 is 67.1 Å². The number of aliphatic hydroxyl groups is 6. The lowest BCUT2D eigenvalue weighted by atomic mass is 9.98. The molecule has 6 N–H and O–H groups in total. The van der Waals surface area contributed by atoms with Crippen molar-refractivity contribution >= 4 is 22.6 Å². The molecule has 3 heterocycles. The third-order valence-electron chi connectivity index (χ3n) is 9.64. The average Bonchev–Trinajstić information content (AvgIpc) is 3.32. The number of nitrogens with zero attached hydrogens (tertiary/aromatic N) is 2. The number of halogens is 1. The van der Waals surface area contributed by atoms with Gasteiger partial charge in [-0.1, -0.05) is 89.7 Å². The maximum atomic E-state index is 14.0. The van der Waals surface area contributed by atoms with E-state index in [0.29, 0.717) is 16.1 Å². The summed E-state index contributed by atoms with van der Waals surface area (Å²) in [5.74, 6) is 0. The number of imidazole rings is 1. The molecule has 2 aliphatic heterocycles. The number of unbranched alkanes of at least 4 members (excludes halogenated alkanes) is 10. The number of hydrogen-bond donors (Lipinski definition) is 6. The van der Waals surface area contributed by atoms with Gasteiger partial charge in [-0.3, -0.25) is 9.13 Å². The minimum atomic E-state index is -1.65. The standard InChI is InChI=1S/C35H57ClN2O11/c1-3-5-7-9-11-13-17-46-31-27(39)25(48-33(43)29(31)41)20-37-23-16-15-22(36)19-24(23)38(35(37)45)21-26-28(40)32(30(42)34(44)49-26)47-18-14-12-10-8-6-4-2/h15-16,19,25-34,39-44H,3-14,17-18,20-21H2,1-2H3/t25-,26-,27-,28-,29-,30-,31+,32+,33-,34+/m1/s1. The Balaban J connectivity index is 1.47. The Hall–Kier alpha value is -1.62. The lowest BCUT2D eigenvalue weighted by Gasteiger charge is -2.40. The van der Waals surface area contributed by atoms with Gasteiger partial charge in [0.2, 0.25) is 0 Å². The number of aromatic nitrogens is 2. The number of rotatable bonds is 20. The topological polar surface area (TPSA) is 185 Å². The molecule has 280 valence electrons. The molecular formula is C35H57ClN2O11. The molecule has 4 rings (SSSR count). The fourth-order valence-corrected chi connectivity index (χ4v) is 6.90. The third kappa shape index (κ3) is 10.5. The summed E-state index contributed by atoms with van der Waals surface area (Å²) in [5, 5.41) is 64.9. The van der Waals surface area contributed by atoms with Crippen LogP contribution in [0, 0.1) is 0 Å². The molecule has 14 heteroatoms. The molecule has 2 saturated heterocycles. The first-order valence-electron chi connectivity index (χ1n) is 18.1. The van der Waals surface area contributed by atoms with Crippen LogP contribution in [0.4, 0.5) is 0 Å². The zero-order valence-corrected chi connectivity index (χ0v) is 29.6. The zero-order valence-electron chi connectivity index (χ0n) is 28.8. The second-order valence-corrected chi connectivity index (χ2v) is 13.9. The zero-order chi connectivity index (χ0) is 35.5. The highest BCUT2D eigenvalue weighted by molar-refractivity contribution is 6.31. The van der Waals surface area contributed by atoms with Crippen molar-refractivity contribution in [1.82, 2.24) is 9.13 Å². The summed E-state index contributed by atoms with van der Waals surface area (Å²) in [6.07, 6.45) is -1.13. The Labute approximate surface area is 293 Å². The minimum absolute atomic E-state index is 0.203. The SMILES string of the molecule is CCCCCCCCO[C@@H]1[C@@H](O)[C@H](O)O[C@H](Cn2c(=O)n(C[C@H]3O[C@H](O)[C@H](O)[C@@H](OCCCCCCCC)[C@@H]3O)c3cc(Cl)ccc32)[C@H]1O. The van der Waals surface area contributed by atoms with Crippen molar-refractivity contribution in [2.75, 3.05) is 13.2 Å². The molecular weight excluding hydrogens is 660 g/mol. The van der Waals surface area contributed by atoms with Crippen LogP contribution < -0.4 is 5.69 Å². The van der Waals surface area contributed by atoms with Gasteiger partial charge < -0.3 is 49.6 Å². The van der Waals surface area contributed by atoms with Crippen molar-refractivity contribution in [1.29, 1.82) is 0 Å². The van der Waals surface area contributed by atoms with Crippen molar-refractivity contribution in [3.63, 3.8) is 0 Å². The molecule has 1 aromatic carbocycles. The van der Waals surface area contributed by atoms with Crippen LogP contribution in [0.3, 0.4) is 0 Å². The summed E-state index contributed by atoms with van der Waals surface area (Å²) < 4.78 is 25.5. The van der Waals surface area contributed by atoms with Gasteiger partial charge in [-0.2, -0.15) is 0 Å². The van der Waals surface area contributed by atoms with Gasteiger partial charge in [0.15, 0.2) is 12.6 Å². The van der Waals surface area contributed by atoms with Gasteiger partial charge in [0, 0.05) is 18.2 Å². The van der Waals surface area contributed by atoms with Gasteiger partial charge >= 0.3 is 5.69 Å². The second-order valence-electron chi connectivity index (χ2n) is 13.4. The van der Waals surface area contributed by atoms with Gasteiger partial charge in [-0.25, -0.2) is 4.79 Å². The third-order valence-corrected chi connectivity index (χ3v) is 9.88. The van der Waals surface area contributed by atoms with Crippen LogP contribution in [-0.4, -0.2) is 114 Å². The van der Waals surface area contributed by atoms with Crippen molar-refractivity contribution in [3.05, 3.63) is 33.7 Å².